The molecule has 0 unspecified atom stereocenters. The first-order chi connectivity index (χ1) is 27.2. The van der Waals surface area contributed by atoms with Crippen LogP contribution >= 0.6 is 15.8 Å². The molecule has 0 aliphatic rings. The van der Waals surface area contributed by atoms with E-state index in [1.54, 1.807) is 0 Å². The fraction of sp³-hybridized carbons (Fsp3) is 0.314. The molecule has 0 heterocycles. The summed E-state index contributed by atoms with van der Waals surface area (Å²) in [6.45, 7) is 0.234. The van der Waals surface area contributed by atoms with Crippen molar-refractivity contribution in [2.75, 3.05) is 0 Å². The molecule has 4 rings (SSSR count). The highest BCUT2D eigenvalue weighted by molar-refractivity contribution is 7.91. The molecule has 0 aromatic heterocycles. The second kappa shape index (κ2) is 15.7. The van der Waals surface area contributed by atoms with Crippen LogP contribution in [-0.2, 0) is 49.4 Å². The van der Waals surface area contributed by atoms with E-state index in [1.807, 2.05) is 0 Å². The Hall–Kier alpha value is -3.94. The Morgan fingerprint density at radius 1 is 0.262 bits per heavy atom. The minimum atomic E-state index is -6.46. The van der Waals surface area contributed by atoms with Crippen LogP contribution in [0.2, 0.25) is 0 Å². The summed E-state index contributed by atoms with van der Waals surface area (Å²) in [4.78, 5) is -3.69. The topological polar surface area (TPSA) is 0 Å². The van der Waals surface area contributed by atoms with Gasteiger partial charge in [0, 0.05) is 4.90 Å². The van der Waals surface area contributed by atoms with E-state index < -0.39 is 136 Å². The predicted molar refractivity (Wildman–Crippen MR) is 172 cm³/mol. The summed E-state index contributed by atoms with van der Waals surface area (Å²) in [7, 11) is -9.52. The second-order valence-electron chi connectivity index (χ2n) is 12.9. The van der Waals surface area contributed by atoms with Crippen molar-refractivity contribution in [2.24, 2.45) is 0 Å². The molecule has 0 spiro atoms. The Bertz CT molecular complexity index is 1940. The summed E-state index contributed by atoms with van der Waals surface area (Å²) in [5, 5.41) is -8.66. The van der Waals surface area contributed by atoms with Crippen LogP contribution in [0.25, 0.3) is 0 Å². The van der Waals surface area contributed by atoms with Gasteiger partial charge in [0.05, 0.1) is 44.5 Å². The Kier molecular flexibility index (Phi) is 12.8. The van der Waals surface area contributed by atoms with Crippen molar-refractivity contribution in [1.82, 2.24) is 0 Å². The van der Waals surface area contributed by atoms with E-state index in [9.17, 15) is 105 Å². The van der Waals surface area contributed by atoms with Crippen LogP contribution in [0, 0.1) is 0 Å². The molecule has 0 nitrogen and oxygen atoms in total. The quantitative estimate of drug-likeness (QED) is 0.133. The van der Waals surface area contributed by atoms with Gasteiger partial charge in [-0.05, 0) is 61.3 Å². The zero-order valence-corrected chi connectivity index (χ0v) is 31.2. The Morgan fingerprint density at radius 2 is 0.426 bits per heavy atom. The summed E-state index contributed by atoms with van der Waals surface area (Å²) >= 11 is 0. The highest BCUT2D eigenvalue weighted by Gasteiger charge is 2.57. The third-order valence-corrected chi connectivity index (χ3v) is 15.4. The van der Waals surface area contributed by atoms with Crippen molar-refractivity contribution in [3.05, 3.63) is 117 Å². The molecule has 0 saturated carbocycles. The van der Waals surface area contributed by atoms with Gasteiger partial charge in [0.15, 0.2) is 0 Å². The van der Waals surface area contributed by atoms with E-state index in [1.165, 1.54) is 0 Å². The Labute approximate surface area is 328 Å². The highest BCUT2D eigenvalue weighted by Crippen LogP contribution is 2.68. The lowest BCUT2D eigenvalue weighted by molar-refractivity contribution is -0.161. The number of benzene rings is 4. The molecule has 4 aromatic carbocycles. The van der Waals surface area contributed by atoms with Gasteiger partial charge in [0.25, 0.3) is 0 Å². The van der Waals surface area contributed by atoms with Gasteiger partial charge in [0.1, 0.15) is 0 Å². The van der Waals surface area contributed by atoms with E-state index >= 15 is 0 Å². The fourth-order valence-corrected chi connectivity index (χ4v) is 14.4. The number of hydrogen-bond acceptors (Lipinski definition) is 0. The maximum Gasteiger partial charge on any atom is 0.417 e. The molecule has 0 fully saturated rings. The van der Waals surface area contributed by atoms with Gasteiger partial charge in [-0.3, -0.25) is 0 Å². The first-order valence-electron chi connectivity index (χ1n) is 15.9. The van der Waals surface area contributed by atoms with Gasteiger partial charge in [0.2, 0.25) is 0 Å². The maximum atomic E-state index is 14.9. The summed E-state index contributed by atoms with van der Waals surface area (Å²) in [6.07, 6.45) is -50.6. The first-order valence-corrected chi connectivity index (χ1v) is 18.5. The number of rotatable bonds is 6. The van der Waals surface area contributed by atoms with E-state index in [0.717, 1.165) is 0 Å². The molecular formula is C35H18F24P2. The van der Waals surface area contributed by atoms with E-state index in [0.29, 0.717) is 0 Å². The zero-order valence-electron chi connectivity index (χ0n) is 29.4. The van der Waals surface area contributed by atoms with Gasteiger partial charge in [-0.15, -0.1) is 0 Å². The molecule has 0 aliphatic carbocycles. The van der Waals surface area contributed by atoms with Crippen molar-refractivity contribution in [1.29, 1.82) is 0 Å². The van der Waals surface area contributed by atoms with Crippen molar-refractivity contribution >= 4 is 37.1 Å². The SMILES string of the molecule is CC(C)(P(c1cccc(C(F)(F)F)c1C(F)(F)F)c1cccc(C(F)(F)F)c1C(F)(F)F)P(c1cccc(C(F)(F)F)c1C(F)(F)F)c1cccc(C(F)(F)F)c1C(F)(F)F. The normalized spacial score (nSPS) is 14.4. The van der Waals surface area contributed by atoms with Crippen LogP contribution in [-0.4, -0.2) is 4.90 Å². The lowest BCUT2D eigenvalue weighted by atomic mass is 10.1. The van der Waals surface area contributed by atoms with E-state index in [4.69, 9.17) is 0 Å². The van der Waals surface area contributed by atoms with Crippen molar-refractivity contribution in [3.8, 4) is 0 Å². The monoisotopic (exact) mass is 956 g/mol. The largest absolute Gasteiger partial charge is 0.417 e. The summed E-state index contributed by atoms with van der Waals surface area (Å²) in [5.41, 5.74) is -23.4. The van der Waals surface area contributed by atoms with Crippen molar-refractivity contribution in [2.45, 2.75) is 68.2 Å². The number of hydrogen-bond donors (Lipinski definition) is 0. The molecule has 26 heteroatoms. The van der Waals surface area contributed by atoms with E-state index in [2.05, 4.69) is 0 Å². The van der Waals surface area contributed by atoms with Gasteiger partial charge < -0.3 is 0 Å². The molecule has 0 atom stereocenters. The van der Waals surface area contributed by atoms with E-state index in [-0.39, 0.29) is 86.6 Å². The molecule has 4 aromatic rings. The fourth-order valence-electron chi connectivity index (χ4n) is 6.58. The number of alkyl halides is 24. The third-order valence-electron chi connectivity index (χ3n) is 8.58. The van der Waals surface area contributed by atoms with Gasteiger partial charge >= 0.3 is 49.4 Å². The minimum absolute atomic E-state index is 0.0266. The van der Waals surface area contributed by atoms with Crippen LogP contribution < -0.4 is 21.2 Å². The molecule has 0 aliphatic heterocycles. The standard InChI is InChI=1S/C35H18F24P2/c1-27(2,60(19-11-3-7-15(28(36,37)38)23(19)32(48,49)50)20-12-4-8-16(29(39,40)41)24(20)33(51,52)53)61(21-13-5-9-17(30(42,43)44)25(21)34(54,55)56)22-14-6-10-18(31(45,46)47)26(22)35(57,58)59/h3-14H,1-2H3. The van der Waals surface area contributed by atoms with Gasteiger partial charge in [-0.25, -0.2) is 0 Å². The molecule has 0 bridgehead atoms. The smallest absolute Gasteiger partial charge is 0.166 e. The van der Waals surface area contributed by atoms with Gasteiger partial charge in [-0.2, -0.15) is 105 Å². The second-order valence-corrected chi connectivity index (χ2v) is 18.8. The molecule has 0 radical (unpaired) electrons. The molecular weight excluding hydrogens is 938 g/mol. The first kappa shape index (κ1) is 49.7. The molecule has 61 heavy (non-hydrogen) atoms. The third kappa shape index (κ3) is 9.99. The van der Waals surface area contributed by atoms with Crippen LogP contribution in [0.1, 0.15) is 58.4 Å². The lowest BCUT2D eigenvalue weighted by Crippen LogP contribution is -2.42. The highest BCUT2D eigenvalue weighted by atomic mass is 31.2. The average molecular weight is 956 g/mol. The average Bonchev–Trinajstić information content (AvgIpc) is 3.04. The van der Waals surface area contributed by atoms with Crippen LogP contribution in [0.3, 0.4) is 0 Å². The lowest BCUT2D eigenvalue weighted by Gasteiger charge is -2.46. The molecule has 336 valence electrons. The summed E-state index contributed by atoms with van der Waals surface area (Å²) in [5.74, 6) is 0. The van der Waals surface area contributed by atoms with Crippen LogP contribution in [0.4, 0.5) is 105 Å². The minimum Gasteiger partial charge on any atom is -0.166 e. The van der Waals surface area contributed by atoms with Gasteiger partial charge in [-0.1, -0.05) is 62.4 Å². The van der Waals surface area contributed by atoms with Crippen LogP contribution in [0.5, 0.6) is 0 Å². The zero-order chi connectivity index (χ0) is 47.1. The summed E-state index contributed by atoms with van der Waals surface area (Å²) in [6, 6.07) is -1.72. The molecule has 0 saturated heterocycles. The Balaban J connectivity index is 2.52. The molecule has 0 amide bonds. The summed E-state index contributed by atoms with van der Waals surface area (Å²) < 4.78 is 351. The van der Waals surface area contributed by atoms with Crippen LogP contribution in [0.15, 0.2) is 72.8 Å². The maximum absolute atomic E-state index is 14.9. The van der Waals surface area contributed by atoms with Crippen molar-refractivity contribution in [3.63, 3.8) is 0 Å². The molecule has 0 N–H and O–H groups in total. The number of halogens is 24. The predicted octanol–water partition coefficient (Wildman–Crippen LogP) is 14.1. The Morgan fingerprint density at radius 3 is 0.557 bits per heavy atom. The van der Waals surface area contributed by atoms with Crippen molar-refractivity contribution < 1.29 is 105 Å².